The molecule has 0 amide bonds. The van der Waals surface area contributed by atoms with Crippen LogP contribution in [0, 0.1) is 0 Å². The van der Waals surface area contributed by atoms with Gasteiger partial charge in [0.25, 0.3) is 0 Å². The van der Waals surface area contributed by atoms with Crippen LogP contribution in [0.25, 0.3) is 0 Å². The highest BCUT2D eigenvalue weighted by Crippen LogP contribution is 2.24. The normalized spacial score (nSPS) is 16.3. The Morgan fingerprint density at radius 3 is 2.43 bits per heavy atom. The largest absolute Gasteiger partial charge is 0.457 e. The smallest absolute Gasteiger partial charge is 0.340 e. The molecule has 0 atom stereocenters. The summed E-state index contributed by atoms with van der Waals surface area (Å²) in [4.78, 5) is 13.1. The number of anilines is 2. The molecule has 2 N–H and O–H groups in total. The third-order valence-electron chi connectivity index (χ3n) is 2.97. The van der Waals surface area contributed by atoms with Gasteiger partial charge in [-0.1, -0.05) is 0 Å². The van der Waals surface area contributed by atoms with Crippen LogP contribution in [0.5, 0.6) is 6.01 Å². The Kier molecular flexibility index (Phi) is 4.63. The summed E-state index contributed by atoms with van der Waals surface area (Å²) >= 11 is 0. The molecular weight excluding hydrogens is 294 g/mol. The predicted molar refractivity (Wildman–Crippen MR) is 66.7 cm³/mol. The molecule has 1 aromatic heterocycles. The van der Waals surface area contributed by atoms with Crippen molar-refractivity contribution < 1.29 is 22.3 Å². The van der Waals surface area contributed by atoms with Crippen LogP contribution in [0.4, 0.5) is 29.5 Å². The first-order chi connectivity index (χ1) is 9.88. The fourth-order valence-corrected chi connectivity index (χ4v) is 1.88. The molecule has 6 nitrogen and oxygen atoms in total. The second-order valence-corrected chi connectivity index (χ2v) is 4.67. The quantitative estimate of drug-likeness (QED) is 0.835. The van der Waals surface area contributed by atoms with Crippen molar-refractivity contribution in [1.82, 2.24) is 15.0 Å². The Labute approximate surface area is 118 Å². The lowest BCUT2D eigenvalue weighted by molar-refractivity contribution is -0.149. The molecule has 10 heteroatoms. The van der Waals surface area contributed by atoms with Crippen LogP contribution >= 0.6 is 0 Å². The Morgan fingerprint density at radius 2 is 1.81 bits per heavy atom. The minimum atomic E-state index is -4.27. The Morgan fingerprint density at radius 1 is 1.14 bits per heavy atom. The molecule has 0 aromatic carbocycles. The number of nitrogens with two attached hydrogens (primary N) is 1. The van der Waals surface area contributed by atoms with Crippen LogP contribution < -0.4 is 15.4 Å². The van der Waals surface area contributed by atoms with E-state index < -0.39 is 25.0 Å². The molecule has 0 aliphatic carbocycles. The Hall–Kier alpha value is -1.87. The predicted octanol–water partition coefficient (Wildman–Crippen LogP) is 1.72. The van der Waals surface area contributed by atoms with Gasteiger partial charge in [0.05, 0.1) is 0 Å². The van der Waals surface area contributed by atoms with E-state index in [1.165, 1.54) is 0 Å². The highest BCUT2D eigenvalue weighted by molar-refractivity contribution is 5.36. The molecule has 0 bridgehead atoms. The molecule has 1 aliphatic heterocycles. The molecule has 1 fully saturated rings. The van der Waals surface area contributed by atoms with Crippen molar-refractivity contribution in [3.8, 4) is 6.01 Å². The number of ether oxygens (including phenoxy) is 1. The van der Waals surface area contributed by atoms with E-state index in [9.17, 15) is 17.6 Å². The SMILES string of the molecule is Nc1nc(OCC(F)(F)C(F)F)nc(N2CCCCC2)n1. The summed E-state index contributed by atoms with van der Waals surface area (Å²) in [7, 11) is 0. The highest BCUT2D eigenvalue weighted by Gasteiger charge is 2.42. The lowest BCUT2D eigenvalue weighted by Gasteiger charge is -2.26. The van der Waals surface area contributed by atoms with Crippen LogP contribution in [-0.2, 0) is 0 Å². The zero-order valence-corrected chi connectivity index (χ0v) is 11.1. The van der Waals surface area contributed by atoms with E-state index in [0.29, 0.717) is 13.1 Å². The first-order valence-electron chi connectivity index (χ1n) is 6.44. The lowest BCUT2D eigenvalue weighted by Crippen LogP contribution is -2.34. The van der Waals surface area contributed by atoms with Crippen molar-refractivity contribution in [3.63, 3.8) is 0 Å². The van der Waals surface area contributed by atoms with E-state index in [4.69, 9.17) is 5.73 Å². The summed E-state index contributed by atoms with van der Waals surface area (Å²) in [5, 5.41) is 0. The second kappa shape index (κ2) is 6.27. The summed E-state index contributed by atoms with van der Waals surface area (Å²) in [6.07, 6.45) is -0.837. The lowest BCUT2D eigenvalue weighted by atomic mass is 10.1. The Bertz CT molecular complexity index is 482. The fraction of sp³-hybridized carbons (Fsp3) is 0.727. The number of halogens is 4. The molecular formula is C11H15F4N5O. The number of nitrogens with zero attached hydrogens (tertiary/aromatic N) is 4. The summed E-state index contributed by atoms with van der Waals surface area (Å²) in [5.74, 6) is -4.27. The number of hydrogen-bond acceptors (Lipinski definition) is 6. The minimum absolute atomic E-state index is 0.206. The summed E-state index contributed by atoms with van der Waals surface area (Å²) in [6, 6.07) is -0.483. The molecule has 2 rings (SSSR count). The molecule has 1 aromatic rings. The molecule has 1 saturated heterocycles. The molecule has 0 saturated carbocycles. The topological polar surface area (TPSA) is 77.2 Å². The van der Waals surface area contributed by atoms with Crippen LogP contribution in [-0.4, -0.2) is 47.0 Å². The van der Waals surface area contributed by atoms with Gasteiger partial charge < -0.3 is 15.4 Å². The third kappa shape index (κ3) is 4.05. The van der Waals surface area contributed by atoms with E-state index in [1.807, 2.05) is 4.90 Å². The van der Waals surface area contributed by atoms with E-state index >= 15 is 0 Å². The Balaban J connectivity index is 2.08. The van der Waals surface area contributed by atoms with Crippen molar-refractivity contribution in [1.29, 1.82) is 0 Å². The molecule has 0 radical (unpaired) electrons. The second-order valence-electron chi connectivity index (χ2n) is 4.67. The average Bonchev–Trinajstić information content (AvgIpc) is 2.45. The maximum atomic E-state index is 12.8. The van der Waals surface area contributed by atoms with Crippen LogP contribution in [0.1, 0.15) is 19.3 Å². The number of hydrogen-bond donors (Lipinski definition) is 1. The molecule has 1 aliphatic rings. The van der Waals surface area contributed by atoms with Crippen LogP contribution in [0.3, 0.4) is 0 Å². The number of aromatic nitrogens is 3. The monoisotopic (exact) mass is 309 g/mol. The first-order valence-corrected chi connectivity index (χ1v) is 6.44. The van der Waals surface area contributed by atoms with Crippen LogP contribution in [0.2, 0.25) is 0 Å². The number of alkyl halides is 4. The van der Waals surface area contributed by atoms with Gasteiger partial charge in [0, 0.05) is 13.1 Å². The maximum absolute atomic E-state index is 12.8. The number of piperidine rings is 1. The van der Waals surface area contributed by atoms with Crippen molar-refractivity contribution >= 4 is 11.9 Å². The molecule has 118 valence electrons. The van der Waals surface area contributed by atoms with Gasteiger partial charge in [0.1, 0.15) is 0 Å². The maximum Gasteiger partial charge on any atom is 0.340 e. The van der Waals surface area contributed by atoms with Gasteiger partial charge in [-0.05, 0) is 19.3 Å². The van der Waals surface area contributed by atoms with E-state index in [2.05, 4.69) is 19.7 Å². The first kappa shape index (κ1) is 15.5. The van der Waals surface area contributed by atoms with Gasteiger partial charge >= 0.3 is 18.4 Å². The van der Waals surface area contributed by atoms with Gasteiger partial charge in [0.15, 0.2) is 6.61 Å². The van der Waals surface area contributed by atoms with Crippen molar-refractivity contribution in [2.45, 2.75) is 31.6 Å². The van der Waals surface area contributed by atoms with Gasteiger partial charge in [-0.2, -0.15) is 23.7 Å². The van der Waals surface area contributed by atoms with Gasteiger partial charge in [-0.3, -0.25) is 0 Å². The average molecular weight is 309 g/mol. The minimum Gasteiger partial charge on any atom is -0.457 e. The summed E-state index contributed by atoms with van der Waals surface area (Å²) in [5.41, 5.74) is 5.46. The summed E-state index contributed by atoms with van der Waals surface area (Å²) in [6.45, 7) is -0.111. The molecule has 2 heterocycles. The zero-order chi connectivity index (χ0) is 15.5. The van der Waals surface area contributed by atoms with Crippen molar-refractivity contribution in [2.75, 3.05) is 30.3 Å². The van der Waals surface area contributed by atoms with E-state index in [-0.39, 0.29) is 11.9 Å². The van der Waals surface area contributed by atoms with E-state index in [1.54, 1.807) is 0 Å². The third-order valence-corrected chi connectivity index (χ3v) is 2.97. The standard InChI is InChI=1S/C11H15F4N5O/c12-7(13)11(14,15)6-21-10-18-8(16)17-9(19-10)20-4-2-1-3-5-20/h7H,1-6H2,(H2,16,17,18,19). The van der Waals surface area contributed by atoms with Gasteiger partial charge in [-0.15, -0.1) is 0 Å². The molecule has 0 unspecified atom stereocenters. The van der Waals surface area contributed by atoms with E-state index in [0.717, 1.165) is 19.3 Å². The van der Waals surface area contributed by atoms with Gasteiger partial charge in [0.2, 0.25) is 11.9 Å². The number of rotatable bonds is 5. The molecule has 0 spiro atoms. The highest BCUT2D eigenvalue weighted by atomic mass is 19.3. The van der Waals surface area contributed by atoms with Gasteiger partial charge in [-0.25, -0.2) is 8.78 Å². The van der Waals surface area contributed by atoms with Crippen molar-refractivity contribution in [2.24, 2.45) is 0 Å². The summed E-state index contributed by atoms with van der Waals surface area (Å²) < 4.78 is 54.2. The van der Waals surface area contributed by atoms with Crippen molar-refractivity contribution in [3.05, 3.63) is 0 Å². The fourth-order valence-electron chi connectivity index (χ4n) is 1.88. The number of nitrogen functional groups attached to an aromatic ring is 1. The molecule has 21 heavy (non-hydrogen) atoms. The zero-order valence-electron chi connectivity index (χ0n) is 11.1. The van der Waals surface area contributed by atoms with Crippen LogP contribution in [0.15, 0.2) is 0 Å².